The summed E-state index contributed by atoms with van der Waals surface area (Å²) in [4.78, 5) is 38.2. The van der Waals surface area contributed by atoms with Crippen LogP contribution >= 0.6 is 23.1 Å². The molecule has 4 rings (SSSR count). The van der Waals surface area contributed by atoms with E-state index in [2.05, 4.69) is 23.0 Å². The summed E-state index contributed by atoms with van der Waals surface area (Å²) >= 11 is 2.74. The fraction of sp³-hybridized carbons (Fsp3) is 0.273. The van der Waals surface area contributed by atoms with Crippen molar-refractivity contribution in [2.45, 2.75) is 38.0 Å². The molecule has 0 fully saturated rings. The molecule has 0 radical (unpaired) electrons. The molecule has 154 valence electrons. The van der Waals surface area contributed by atoms with Crippen LogP contribution in [0.5, 0.6) is 0 Å². The average Bonchev–Trinajstić information content (AvgIpc) is 3.05. The number of H-pyrrole nitrogens is 1. The van der Waals surface area contributed by atoms with Crippen molar-refractivity contribution >= 4 is 50.2 Å². The summed E-state index contributed by atoms with van der Waals surface area (Å²) < 4.78 is 5.10. The standard InChI is InChI=1S/C22H21N3O3S2/c1-5-28-22(27)18-12(3)17-20(26)24-19(25-21(17)30-18)13(4)29-16-10-11(2)14-8-6-7-9-15(14)23-16/h6-10,13H,5H2,1-4H3,(H,24,25,26)/t13-/m0/s1. The minimum Gasteiger partial charge on any atom is -0.462 e. The van der Waals surface area contributed by atoms with Crippen LogP contribution in [0.2, 0.25) is 0 Å². The molecule has 6 nitrogen and oxygen atoms in total. The van der Waals surface area contributed by atoms with Crippen molar-refractivity contribution in [2.24, 2.45) is 0 Å². The lowest BCUT2D eigenvalue weighted by Gasteiger charge is -2.11. The summed E-state index contributed by atoms with van der Waals surface area (Å²) in [6.07, 6.45) is 0. The number of ether oxygens (including phenoxy) is 1. The van der Waals surface area contributed by atoms with Gasteiger partial charge in [-0.2, -0.15) is 0 Å². The zero-order chi connectivity index (χ0) is 21.4. The lowest BCUT2D eigenvalue weighted by atomic mass is 10.1. The number of carbonyl (C=O) groups is 1. The van der Waals surface area contributed by atoms with E-state index in [0.717, 1.165) is 21.5 Å². The first-order chi connectivity index (χ1) is 14.4. The summed E-state index contributed by atoms with van der Waals surface area (Å²) in [5.74, 6) is 0.138. The van der Waals surface area contributed by atoms with E-state index in [4.69, 9.17) is 9.72 Å². The maximum atomic E-state index is 12.7. The molecule has 3 heterocycles. The molecule has 1 N–H and O–H groups in total. The lowest BCUT2D eigenvalue weighted by molar-refractivity contribution is 0.0531. The Balaban J connectivity index is 1.69. The Morgan fingerprint density at radius 1 is 1.27 bits per heavy atom. The number of thiophene rings is 1. The Morgan fingerprint density at radius 3 is 2.80 bits per heavy atom. The summed E-state index contributed by atoms with van der Waals surface area (Å²) in [6, 6.07) is 10.1. The van der Waals surface area contributed by atoms with Gasteiger partial charge >= 0.3 is 5.97 Å². The smallest absolute Gasteiger partial charge is 0.348 e. The van der Waals surface area contributed by atoms with Gasteiger partial charge in [-0.05, 0) is 51.0 Å². The quantitative estimate of drug-likeness (QED) is 0.341. The number of benzene rings is 1. The van der Waals surface area contributed by atoms with Gasteiger partial charge in [-0.15, -0.1) is 11.3 Å². The van der Waals surface area contributed by atoms with Crippen molar-refractivity contribution in [3.05, 3.63) is 62.5 Å². The topological polar surface area (TPSA) is 84.9 Å². The number of esters is 1. The molecule has 3 aromatic heterocycles. The van der Waals surface area contributed by atoms with Crippen molar-refractivity contribution in [3.8, 4) is 0 Å². The molecular formula is C22H21N3O3S2. The number of aromatic amines is 1. The van der Waals surface area contributed by atoms with Crippen LogP contribution in [-0.4, -0.2) is 27.5 Å². The van der Waals surface area contributed by atoms with Crippen LogP contribution in [0.15, 0.2) is 40.2 Å². The van der Waals surface area contributed by atoms with Gasteiger partial charge in [-0.1, -0.05) is 30.0 Å². The second-order valence-corrected chi connectivity index (χ2v) is 9.32. The predicted octanol–water partition coefficient (Wildman–Crippen LogP) is 5.18. The van der Waals surface area contributed by atoms with E-state index in [9.17, 15) is 9.59 Å². The number of thioether (sulfide) groups is 1. The molecule has 0 aliphatic carbocycles. The molecule has 4 aromatic rings. The molecule has 0 saturated heterocycles. The van der Waals surface area contributed by atoms with Gasteiger partial charge in [0.1, 0.15) is 15.5 Å². The molecule has 30 heavy (non-hydrogen) atoms. The van der Waals surface area contributed by atoms with Crippen LogP contribution in [0.25, 0.3) is 21.1 Å². The number of fused-ring (bicyclic) bond motifs is 2. The summed E-state index contributed by atoms with van der Waals surface area (Å²) in [7, 11) is 0. The molecule has 0 saturated carbocycles. The van der Waals surface area contributed by atoms with E-state index >= 15 is 0 Å². The largest absolute Gasteiger partial charge is 0.462 e. The van der Waals surface area contributed by atoms with Gasteiger partial charge in [0.25, 0.3) is 5.56 Å². The van der Waals surface area contributed by atoms with Gasteiger partial charge in [0.2, 0.25) is 0 Å². The monoisotopic (exact) mass is 439 g/mol. The highest BCUT2D eigenvalue weighted by atomic mass is 32.2. The van der Waals surface area contributed by atoms with E-state index in [0.29, 0.717) is 26.5 Å². The molecule has 0 unspecified atom stereocenters. The van der Waals surface area contributed by atoms with Gasteiger partial charge in [-0.3, -0.25) is 4.79 Å². The van der Waals surface area contributed by atoms with Crippen LogP contribution in [0, 0.1) is 13.8 Å². The number of hydrogen-bond donors (Lipinski definition) is 1. The van der Waals surface area contributed by atoms with Crippen LogP contribution in [0.1, 0.15) is 45.7 Å². The number of carbonyl (C=O) groups excluding carboxylic acids is 1. The second-order valence-electron chi connectivity index (χ2n) is 6.96. The van der Waals surface area contributed by atoms with E-state index < -0.39 is 5.97 Å². The molecule has 1 atom stereocenters. The van der Waals surface area contributed by atoms with E-state index in [1.807, 2.05) is 31.2 Å². The summed E-state index contributed by atoms with van der Waals surface area (Å²) in [5.41, 5.74) is 2.47. The maximum absolute atomic E-state index is 12.7. The molecule has 0 aliphatic rings. The van der Waals surface area contributed by atoms with Gasteiger partial charge in [-0.25, -0.2) is 14.8 Å². The third-order valence-corrected chi connectivity index (χ3v) is 7.05. The Bertz CT molecular complexity index is 1330. The zero-order valence-electron chi connectivity index (χ0n) is 17.1. The Labute approximate surface area is 181 Å². The van der Waals surface area contributed by atoms with Crippen molar-refractivity contribution in [1.29, 1.82) is 0 Å². The van der Waals surface area contributed by atoms with E-state index in [1.54, 1.807) is 13.8 Å². The minimum atomic E-state index is -0.419. The van der Waals surface area contributed by atoms with Gasteiger partial charge in [0.15, 0.2) is 0 Å². The highest BCUT2D eigenvalue weighted by molar-refractivity contribution is 7.99. The number of hydrogen-bond acceptors (Lipinski definition) is 7. The molecule has 0 aliphatic heterocycles. The predicted molar refractivity (Wildman–Crippen MR) is 122 cm³/mol. The van der Waals surface area contributed by atoms with E-state index in [-0.39, 0.29) is 17.4 Å². The summed E-state index contributed by atoms with van der Waals surface area (Å²) in [5, 5.41) is 2.33. The first-order valence-corrected chi connectivity index (χ1v) is 11.3. The Hall–Kier alpha value is -2.71. The third kappa shape index (κ3) is 3.73. The first kappa shape index (κ1) is 20.6. The Kier molecular flexibility index (Phi) is 5.62. The van der Waals surface area contributed by atoms with Crippen LogP contribution in [-0.2, 0) is 4.74 Å². The van der Waals surface area contributed by atoms with Crippen molar-refractivity contribution in [3.63, 3.8) is 0 Å². The molecule has 0 spiro atoms. The highest BCUT2D eigenvalue weighted by Gasteiger charge is 2.22. The van der Waals surface area contributed by atoms with Gasteiger partial charge < -0.3 is 9.72 Å². The SMILES string of the molecule is CCOC(=O)c1sc2nc([C@H](C)Sc3cc(C)c4ccccc4n3)[nH]c(=O)c2c1C. The fourth-order valence-electron chi connectivity index (χ4n) is 3.36. The lowest BCUT2D eigenvalue weighted by Crippen LogP contribution is -2.13. The molecular weight excluding hydrogens is 418 g/mol. The minimum absolute atomic E-state index is 0.122. The van der Waals surface area contributed by atoms with Crippen LogP contribution in [0.4, 0.5) is 0 Å². The van der Waals surface area contributed by atoms with Gasteiger partial charge in [0.05, 0.1) is 27.8 Å². The molecule has 1 aromatic carbocycles. The number of nitrogens with one attached hydrogen (secondary N) is 1. The maximum Gasteiger partial charge on any atom is 0.348 e. The molecule has 0 amide bonds. The normalized spacial score (nSPS) is 12.4. The summed E-state index contributed by atoms with van der Waals surface area (Å²) in [6.45, 7) is 7.84. The molecule has 0 bridgehead atoms. The zero-order valence-corrected chi connectivity index (χ0v) is 18.7. The van der Waals surface area contributed by atoms with Crippen molar-refractivity contribution < 1.29 is 9.53 Å². The number of aryl methyl sites for hydroxylation is 2. The third-order valence-electron chi connectivity index (χ3n) is 4.86. The van der Waals surface area contributed by atoms with E-state index in [1.165, 1.54) is 23.1 Å². The Morgan fingerprint density at radius 2 is 2.03 bits per heavy atom. The first-order valence-electron chi connectivity index (χ1n) is 9.62. The fourth-order valence-corrected chi connectivity index (χ4v) is 5.42. The number of para-hydroxylation sites is 1. The van der Waals surface area contributed by atoms with Crippen molar-refractivity contribution in [1.82, 2.24) is 15.0 Å². The van der Waals surface area contributed by atoms with Crippen LogP contribution < -0.4 is 5.56 Å². The highest BCUT2D eigenvalue weighted by Crippen LogP contribution is 2.35. The average molecular weight is 440 g/mol. The number of pyridine rings is 1. The number of rotatable bonds is 5. The molecule has 8 heteroatoms. The number of nitrogens with zero attached hydrogens (tertiary/aromatic N) is 2. The van der Waals surface area contributed by atoms with Crippen molar-refractivity contribution in [2.75, 3.05) is 6.61 Å². The number of aromatic nitrogens is 3. The van der Waals surface area contributed by atoms with Gasteiger partial charge in [0, 0.05) is 5.39 Å². The second kappa shape index (κ2) is 8.20. The van der Waals surface area contributed by atoms with Crippen LogP contribution in [0.3, 0.4) is 0 Å².